The summed E-state index contributed by atoms with van der Waals surface area (Å²) in [6.45, 7) is -1.30. The standard InChI is InChI=1S/C21H17F3N4O2S2/c1-12-18(19(29)27-31-2)26-21(32-12)28(15-6-3-13(10-25)4-7-15)11-14-5-8-16(9-17(14)22)30-20(23)24/h3-9,20H,11H2,1-2H3,(H,27,29). The Hall–Kier alpha value is -3.23. The quantitative estimate of drug-likeness (QED) is 0.436. The van der Waals surface area contributed by atoms with Crippen molar-refractivity contribution in [2.24, 2.45) is 0 Å². The van der Waals surface area contributed by atoms with Crippen molar-refractivity contribution in [2.75, 3.05) is 11.2 Å². The number of amides is 1. The van der Waals surface area contributed by atoms with Crippen LogP contribution in [0.25, 0.3) is 0 Å². The number of hydrogen-bond acceptors (Lipinski definition) is 7. The van der Waals surface area contributed by atoms with E-state index in [9.17, 15) is 18.0 Å². The summed E-state index contributed by atoms with van der Waals surface area (Å²) in [5, 5.41) is 9.50. The van der Waals surface area contributed by atoms with Crippen LogP contribution in [0.4, 0.5) is 24.0 Å². The van der Waals surface area contributed by atoms with Crippen LogP contribution in [0, 0.1) is 24.1 Å². The van der Waals surface area contributed by atoms with Gasteiger partial charge in [-0.05, 0) is 37.3 Å². The summed E-state index contributed by atoms with van der Waals surface area (Å²) < 4.78 is 46.3. The first-order valence-electron chi connectivity index (χ1n) is 9.14. The molecule has 3 rings (SSSR count). The Morgan fingerprint density at radius 3 is 2.62 bits per heavy atom. The van der Waals surface area contributed by atoms with Crippen molar-refractivity contribution in [3.05, 3.63) is 70.0 Å². The maximum Gasteiger partial charge on any atom is 0.387 e. The number of nitrogens with zero attached hydrogens (tertiary/aromatic N) is 3. The zero-order valence-electron chi connectivity index (χ0n) is 16.9. The predicted molar refractivity (Wildman–Crippen MR) is 118 cm³/mol. The number of nitrogens with one attached hydrogen (secondary N) is 1. The van der Waals surface area contributed by atoms with Crippen LogP contribution in [0.3, 0.4) is 0 Å². The van der Waals surface area contributed by atoms with Crippen molar-refractivity contribution in [3.8, 4) is 11.8 Å². The van der Waals surface area contributed by atoms with Crippen LogP contribution in [0.5, 0.6) is 5.75 Å². The second kappa shape index (κ2) is 10.4. The summed E-state index contributed by atoms with van der Waals surface area (Å²) in [5.41, 5.74) is 1.52. The van der Waals surface area contributed by atoms with Gasteiger partial charge in [0, 0.05) is 28.5 Å². The summed E-state index contributed by atoms with van der Waals surface area (Å²) in [6.07, 6.45) is 1.72. The van der Waals surface area contributed by atoms with E-state index in [1.165, 1.54) is 23.5 Å². The largest absolute Gasteiger partial charge is 0.435 e. The Morgan fingerprint density at radius 1 is 1.31 bits per heavy atom. The second-order valence-corrected chi connectivity index (χ2v) is 8.21. The highest BCUT2D eigenvalue weighted by Crippen LogP contribution is 2.34. The minimum Gasteiger partial charge on any atom is -0.435 e. The van der Waals surface area contributed by atoms with Gasteiger partial charge in [0.05, 0.1) is 18.2 Å². The lowest BCUT2D eigenvalue weighted by molar-refractivity contribution is -0.0500. The van der Waals surface area contributed by atoms with Gasteiger partial charge in [0.2, 0.25) is 0 Å². The van der Waals surface area contributed by atoms with Gasteiger partial charge in [-0.2, -0.15) is 14.0 Å². The molecule has 0 bridgehead atoms. The Kier molecular flexibility index (Phi) is 7.61. The van der Waals surface area contributed by atoms with E-state index in [1.807, 2.05) is 6.07 Å². The van der Waals surface area contributed by atoms with Crippen molar-refractivity contribution >= 4 is 40.0 Å². The number of ether oxygens (including phenoxy) is 1. The first-order valence-corrected chi connectivity index (χ1v) is 11.2. The number of aromatic nitrogens is 1. The van der Waals surface area contributed by atoms with E-state index < -0.39 is 12.4 Å². The number of nitriles is 1. The van der Waals surface area contributed by atoms with Crippen LogP contribution in [-0.2, 0) is 6.54 Å². The molecule has 1 aromatic heterocycles. The van der Waals surface area contributed by atoms with Gasteiger partial charge in [-0.1, -0.05) is 18.0 Å². The van der Waals surface area contributed by atoms with Crippen molar-refractivity contribution in [1.29, 1.82) is 5.26 Å². The molecule has 0 aliphatic carbocycles. The minimum absolute atomic E-state index is 0.00321. The minimum atomic E-state index is -3.06. The molecule has 0 aliphatic rings. The van der Waals surface area contributed by atoms with Gasteiger partial charge in [0.25, 0.3) is 5.91 Å². The van der Waals surface area contributed by atoms with Crippen LogP contribution < -0.4 is 14.4 Å². The Balaban J connectivity index is 2.00. The van der Waals surface area contributed by atoms with Gasteiger partial charge >= 0.3 is 6.61 Å². The van der Waals surface area contributed by atoms with Gasteiger partial charge in [-0.25, -0.2) is 9.37 Å². The average molecular weight is 479 g/mol. The third-order valence-electron chi connectivity index (χ3n) is 4.31. The molecule has 0 spiro atoms. The molecule has 32 heavy (non-hydrogen) atoms. The zero-order valence-corrected chi connectivity index (χ0v) is 18.6. The molecule has 0 aliphatic heterocycles. The summed E-state index contributed by atoms with van der Waals surface area (Å²) in [4.78, 5) is 19.1. The highest BCUT2D eigenvalue weighted by molar-refractivity contribution is 7.97. The first kappa shape index (κ1) is 23.4. The van der Waals surface area contributed by atoms with Crippen LogP contribution in [0.2, 0.25) is 0 Å². The first-order chi connectivity index (χ1) is 15.3. The molecular weight excluding hydrogens is 461 g/mol. The number of alkyl halides is 2. The van der Waals surface area contributed by atoms with Crippen molar-refractivity contribution in [2.45, 2.75) is 20.1 Å². The molecule has 6 nitrogen and oxygen atoms in total. The lowest BCUT2D eigenvalue weighted by Gasteiger charge is -2.22. The molecule has 3 aromatic rings. The molecule has 0 fully saturated rings. The molecule has 2 aromatic carbocycles. The summed E-state index contributed by atoms with van der Waals surface area (Å²) in [5.74, 6) is -1.36. The van der Waals surface area contributed by atoms with E-state index in [2.05, 4.69) is 14.4 Å². The zero-order chi connectivity index (χ0) is 23.3. The van der Waals surface area contributed by atoms with Gasteiger partial charge in [-0.15, -0.1) is 11.3 Å². The molecule has 166 valence electrons. The normalized spacial score (nSPS) is 10.7. The van der Waals surface area contributed by atoms with Gasteiger partial charge in [0.15, 0.2) is 5.13 Å². The number of hydrogen-bond donors (Lipinski definition) is 1. The maximum absolute atomic E-state index is 14.6. The summed E-state index contributed by atoms with van der Waals surface area (Å²) in [6, 6.07) is 12.1. The third-order valence-corrected chi connectivity index (χ3v) is 5.70. The average Bonchev–Trinajstić information content (AvgIpc) is 3.14. The molecule has 0 saturated heterocycles. The summed E-state index contributed by atoms with van der Waals surface area (Å²) >= 11 is 2.40. The van der Waals surface area contributed by atoms with Crippen LogP contribution in [0.1, 0.15) is 26.5 Å². The SMILES string of the molecule is CSNC(=O)c1nc(N(Cc2ccc(OC(F)F)cc2F)c2ccc(C#N)cc2)sc1C. The Morgan fingerprint density at radius 2 is 2.03 bits per heavy atom. The molecule has 1 amide bonds. The summed E-state index contributed by atoms with van der Waals surface area (Å²) in [7, 11) is 0. The van der Waals surface area contributed by atoms with Crippen LogP contribution >= 0.6 is 23.3 Å². The van der Waals surface area contributed by atoms with Crippen molar-refractivity contribution < 1.29 is 22.7 Å². The third kappa shape index (κ3) is 5.52. The van der Waals surface area contributed by atoms with Gasteiger partial charge < -0.3 is 9.64 Å². The number of aryl methyl sites for hydroxylation is 1. The monoisotopic (exact) mass is 478 g/mol. The Bertz CT molecular complexity index is 1150. The van der Waals surface area contributed by atoms with Crippen molar-refractivity contribution in [3.63, 3.8) is 0 Å². The number of halogens is 3. The molecular formula is C21H17F3N4O2S2. The van der Waals surface area contributed by atoms with E-state index in [0.717, 1.165) is 18.0 Å². The number of rotatable bonds is 8. The van der Waals surface area contributed by atoms with E-state index in [-0.39, 0.29) is 29.5 Å². The fourth-order valence-electron chi connectivity index (χ4n) is 2.84. The molecule has 0 unspecified atom stereocenters. The molecule has 0 radical (unpaired) electrons. The predicted octanol–water partition coefficient (Wildman–Crippen LogP) is 5.41. The highest BCUT2D eigenvalue weighted by atomic mass is 32.2. The number of anilines is 2. The van der Waals surface area contributed by atoms with Gasteiger partial charge in [0.1, 0.15) is 17.3 Å². The Labute approximate surface area is 190 Å². The lowest BCUT2D eigenvalue weighted by atomic mass is 10.1. The van der Waals surface area contributed by atoms with Crippen LogP contribution in [0.15, 0.2) is 42.5 Å². The molecule has 11 heteroatoms. The smallest absolute Gasteiger partial charge is 0.387 e. The second-order valence-electron chi connectivity index (χ2n) is 6.41. The number of carbonyl (C=O) groups is 1. The molecule has 1 N–H and O–H groups in total. The topological polar surface area (TPSA) is 78.2 Å². The molecule has 0 atom stereocenters. The van der Waals surface area contributed by atoms with E-state index in [1.54, 1.807) is 42.3 Å². The number of benzene rings is 2. The molecule has 0 saturated carbocycles. The fraction of sp³-hybridized carbons (Fsp3) is 0.190. The van der Waals surface area contributed by atoms with E-state index >= 15 is 0 Å². The fourth-order valence-corrected chi connectivity index (χ4v) is 4.05. The van der Waals surface area contributed by atoms with Crippen LogP contribution in [-0.4, -0.2) is 23.8 Å². The number of carbonyl (C=O) groups excluding carboxylic acids is 1. The molecule has 1 heterocycles. The highest BCUT2D eigenvalue weighted by Gasteiger charge is 2.22. The van der Waals surface area contributed by atoms with Crippen molar-refractivity contribution in [1.82, 2.24) is 9.71 Å². The maximum atomic E-state index is 14.6. The number of thiazole rings is 1. The lowest BCUT2D eigenvalue weighted by Crippen LogP contribution is -2.19. The van der Waals surface area contributed by atoms with E-state index in [4.69, 9.17) is 5.26 Å². The van der Waals surface area contributed by atoms with E-state index in [0.29, 0.717) is 21.3 Å². The van der Waals surface area contributed by atoms with Gasteiger partial charge in [-0.3, -0.25) is 9.52 Å².